The first kappa shape index (κ1) is 22.1. The van der Waals surface area contributed by atoms with Gasteiger partial charge in [-0.3, -0.25) is 19.7 Å². The highest BCUT2D eigenvalue weighted by Crippen LogP contribution is 2.41. The van der Waals surface area contributed by atoms with E-state index in [0.717, 1.165) is 25.7 Å². The number of hydrogen-bond donors (Lipinski definition) is 3. The molecule has 4 unspecified atom stereocenters. The van der Waals surface area contributed by atoms with Crippen LogP contribution in [0.3, 0.4) is 0 Å². The number of benzene rings is 2. The number of amides is 5. The molecular formula is C26H28N4O4. The molecule has 34 heavy (non-hydrogen) atoms. The van der Waals surface area contributed by atoms with Gasteiger partial charge in [0.2, 0.25) is 5.91 Å². The summed E-state index contributed by atoms with van der Waals surface area (Å²) in [6.45, 7) is 1.62. The lowest BCUT2D eigenvalue weighted by Crippen LogP contribution is -2.47. The Balaban J connectivity index is 1.40. The molecular weight excluding hydrogens is 432 g/mol. The molecule has 5 rings (SSSR count). The van der Waals surface area contributed by atoms with Gasteiger partial charge in [0.25, 0.3) is 11.8 Å². The van der Waals surface area contributed by atoms with Crippen molar-refractivity contribution in [2.24, 2.45) is 5.92 Å². The molecule has 8 heteroatoms. The van der Waals surface area contributed by atoms with Crippen LogP contribution in [0.4, 0.5) is 10.5 Å². The van der Waals surface area contributed by atoms with E-state index < -0.39 is 23.5 Å². The number of carbonyl (C=O) groups excluding carboxylic acids is 4. The number of fused-ring (bicyclic) bond motifs is 1. The molecule has 3 N–H and O–H groups in total. The topological polar surface area (TPSA) is 108 Å². The summed E-state index contributed by atoms with van der Waals surface area (Å²) in [7, 11) is 0. The second kappa shape index (κ2) is 8.59. The van der Waals surface area contributed by atoms with Gasteiger partial charge < -0.3 is 15.5 Å². The van der Waals surface area contributed by atoms with Gasteiger partial charge in [-0.15, -0.1) is 0 Å². The van der Waals surface area contributed by atoms with E-state index in [4.69, 9.17) is 0 Å². The number of likely N-dealkylation sites (tertiary alicyclic amines) is 1. The maximum Gasteiger partial charge on any atom is 0.322 e. The van der Waals surface area contributed by atoms with Crippen molar-refractivity contribution in [1.29, 1.82) is 0 Å². The molecule has 2 aliphatic heterocycles. The largest absolute Gasteiger partial charge is 0.324 e. The van der Waals surface area contributed by atoms with Crippen molar-refractivity contribution in [2.75, 3.05) is 5.32 Å². The standard InChI is InChI=1S/C26H28N4O4/c1-26(24(33)28-25(34)29-26)18-11-7-12-19(15-18)27-22(31)21-14-17-10-5-6-13-20(17)30(21)23(32)16-8-3-2-4-9-16/h2-4,7-9,11-12,15,17,20-21H,5-6,10,13-14H2,1H3,(H,27,31)(H2,28,29,33,34). The van der Waals surface area contributed by atoms with Crippen molar-refractivity contribution >= 4 is 29.4 Å². The predicted octanol–water partition coefficient (Wildman–Crippen LogP) is 3.15. The van der Waals surface area contributed by atoms with Crippen LogP contribution in [0.25, 0.3) is 0 Å². The van der Waals surface area contributed by atoms with Crippen LogP contribution in [0, 0.1) is 5.92 Å². The third kappa shape index (κ3) is 3.83. The maximum absolute atomic E-state index is 13.5. The molecule has 0 spiro atoms. The highest BCUT2D eigenvalue weighted by molar-refractivity contribution is 6.07. The molecule has 4 atom stereocenters. The van der Waals surface area contributed by atoms with Crippen molar-refractivity contribution < 1.29 is 19.2 Å². The summed E-state index contributed by atoms with van der Waals surface area (Å²) in [6, 6.07) is 15.0. The van der Waals surface area contributed by atoms with Gasteiger partial charge in [-0.1, -0.05) is 43.2 Å². The molecule has 2 heterocycles. The van der Waals surface area contributed by atoms with Gasteiger partial charge in [0.1, 0.15) is 11.6 Å². The molecule has 2 aromatic rings. The van der Waals surface area contributed by atoms with Crippen molar-refractivity contribution in [3.05, 3.63) is 65.7 Å². The molecule has 0 aromatic heterocycles. The van der Waals surface area contributed by atoms with Crippen LogP contribution in [-0.4, -0.2) is 40.7 Å². The zero-order valence-electron chi connectivity index (χ0n) is 19.0. The van der Waals surface area contributed by atoms with E-state index in [0.29, 0.717) is 29.2 Å². The van der Waals surface area contributed by atoms with E-state index in [1.165, 1.54) is 0 Å². The lowest BCUT2D eigenvalue weighted by Gasteiger charge is -2.33. The van der Waals surface area contributed by atoms with E-state index in [9.17, 15) is 19.2 Å². The summed E-state index contributed by atoms with van der Waals surface area (Å²) in [6.07, 6.45) is 4.76. The smallest absolute Gasteiger partial charge is 0.322 e. The minimum Gasteiger partial charge on any atom is -0.324 e. The van der Waals surface area contributed by atoms with Crippen LogP contribution in [0.5, 0.6) is 0 Å². The molecule has 2 aromatic carbocycles. The molecule has 8 nitrogen and oxygen atoms in total. The molecule has 2 saturated heterocycles. The lowest BCUT2D eigenvalue weighted by molar-refractivity contribution is -0.123. The number of rotatable bonds is 4. The van der Waals surface area contributed by atoms with Gasteiger partial charge in [-0.25, -0.2) is 4.79 Å². The third-order valence-corrected chi connectivity index (χ3v) is 7.40. The Morgan fingerprint density at radius 3 is 2.53 bits per heavy atom. The van der Waals surface area contributed by atoms with Crippen LogP contribution >= 0.6 is 0 Å². The summed E-state index contributed by atoms with van der Waals surface area (Å²) in [5, 5.41) is 7.85. The van der Waals surface area contributed by atoms with Gasteiger partial charge in [0.15, 0.2) is 0 Å². The van der Waals surface area contributed by atoms with Crippen LogP contribution < -0.4 is 16.0 Å². The molecule has 0 bridgehead atoms. The van der Waals surface area contributed by atoms with Crippen molar-refractivity contribution in [2.45, 2.75) is 56.7 Å². The first-order valence-electron chi connectivity index (χ1n) is 11.8. The molecule has 3 fully saturated rings. The molecule has 0 radical (unpaired) electrons. The Hall–Kier alpha value is -3.68. The quantitative estimate of drug-likeness (QED) is 0.609. The summed E-state index contributed by atoms with van der Waals surface area (Å²) in [5.41, 5.74) is 0.449. The van der Waals surface area contributed by atoms with Gasteiger partial charge in [-0.05, 0) is 61.9 Å². The molecule has 1 saturated carbocycles. The summed E-state index contributed by atoms with van der Waals surface area (Å²) in [4.78, 5) is 52.7. The van der Waals surface area contributed by atoms with E-state index >= 15 is 0 Å². The third-order valence-electron chi connectivity index (χ3n) is 7.40. The minimum absolute atomic E-state index is 0.0693. The summed E-state index contributed by atoms with van der Waals surface area (Å²) < 4.78 is 0. The summed E-state index contributed by atoms with van der Waals surface area (Å²) in [5.74, 6) is -0.470. The van der Waals surface area contributed by atoms with Gasteiger partial charge in [-0.2, -0.15) is 0 Å². The molecule has 176 valence electrons. The maximum atomic E-state index is 13.5. The highest BCUT2D eigenvalue weighted by Gasteiger charge is 2.48. The van der Waals surface area contributed by atoms with Crippen LogP contribution in [0.15, 0.2) is 54.6 Å². The normalized spacial score (nSPS) is 28.1. The fourth-order valence-corrected chi connectivity index (χ4v) is 5.60. The zero-order chi connectivity index (χ0) is 23.9. The number of anilines is 1. The van der Waals surface area contributed by atoms with E-state index in [-0.39, 0.29) is 17.9 Å². The number of carbonyl (C=O) groups is 4. The zero-order valence-corrected chi connectivity index (χ0v) is 19.0. The Kier molecular flexibility index (Phi) is 5.59. The first-order chi connectivity index (χ1) is 16.4. The van der Waals surface area contributed by atoms with Crippen molar-refractivity contribution in [1.82, 2.24) is 15.5 Å². The van der Waals surface area contributed by atoms with E-state index in [1.807, 2.05) is 18.2 Å². The Labute approximate surface area is 198 Å². The van der Waals surface area contributed by atoms with Crippen molar-refractivity contribution in [3.8, 4) is 0 Å². The Bertz CT molecular complexity index is 1150. The minimum atomic E-state index is -1.21. The first-order valence-corrected chi connectivity index (χ1v) is 11.8. The second-order valence-electron chi connectivity index (χ2n) is 9.55. The van der Waals surface area contributed by atoms with E-state index in [1.54, 1.807) is 48.2 Å². The summed E-state index contributed by atoms with van der Waals surface area (Å²) >= 11 is 0. The van der Waals surface area contributed by atoms with Crippen LogP contribution in [0.1, 0.15) is 54.9 Å². The fourth-order valence-electron chi connectivity index (χ4n) is 5.60. The van der Waals surface area contributed by atoms with Gasteiger partial charge >= 0.3 is 6.03 Å². The molecule has 3 aliphatic rings. The van der Waals surface area contributed by atoms with E-state index in [2.05, 4.69) is 16.0 Å². The second-order valence-corrected chi connectivity index (χ2v) is 9.55. The SMILES string of the molecule is CC1(c2cccc(NC(=O)C3CC4CCCCC4N3C(=O)c3ccccc3)c2)NC(=O)NC1=O. The van der Waals surface area contributed by atoms with Crippen LogP contribution in [0.2, 0.25) is 0 Å². The predicted molar refractivity (Wildman–Crippen MR) is 126 cm³/mol. The number of nitrogens with zero attached hydrogens (tertiary/aromatic N) is 1. The van der Waals surface area contributed by atoms with Crippen LogP contribution in [-0.2, 0) is 15.1 Å². The Morgan fingerprint density at radius 1 is 1.03 bits per heavy atom. The van der Waals surface area contributed by atoms with Crippen molar-refractivity contribution in [3.63, 3.8) is 0 Å². The number of hydrogen-bond acceptors (Lipinski definition) is 4. The number of nitrogens with one attached hydrogen (secondary N) is 3. The average molecular weight is 461 g/mol. The average Bonchev–Trinajstić information content (AvgIpc) is 3.36. The van der Waals surface area contributed by atoms with Gasteiger partial charge in [0, 0.05) is 17.3 Å². The lowest BCUT2D eigenvalue weighted by atomic mass is 9.84. The fraction of sp³-hybridized carbons (Fsp3) is 0.385. The Morgan fingerprint density at radius 2 is 1.79 bits per heavy atom. The number of urea groups is 1. The number of imide groups is 1. The highest BCUT2D eigenvalue weighted by atomic mass is 16.2. The monoisotopic (exact) mass is 460 g/mol. The van der Waals surface area contributed by atoms with Gasteiger partial charge in [0.05, 0.1) is 0 Å². The molecule has 5 amide bonds. The molecule has 1 aliphatic carbocycles.